The maximum absolute atomic E-state index is 12.8. The molecule has 23 heavy (non-hydrogen) atoms. The van der Waals surface area contributed by atoms with Crippen LogP contribution in [0.15, 0.2) is 47.4 Å². The van der Waals surface area contributed by atoms with Crippen LogP contribution in [-0.2, 0) is 4.74 Å². The van der Waals surface area contributed by atoms with Crippen LogP contribution in [-0.4, -0.2) is 35.0 Å². The second-order valence-corrected chi connectivity index (χ2v) is 5.93. The standard InChI is InChI=1S/C18H20N2O3/c1-12-8-16(21)15(9-19-12)18(22)20-10-17(23-11-13(20)2)14-6-4-3-5-7-14/h3-9,13,17H,10-11H2,1-2H3,(H,19,21)/t13-,17-/m1/s1. The monoisotopic (exact) mass is 312 g/mol. The third-order valence-electron chi connectivity index (χ3n) is 4.15. The Hall–Kier alpha value is -2.40. The smallest absolute Gasteiger partial charge is 0.259 e. The van der Waals surface area contributed by atoms with Crippen LogP contribution in [0.25, 0.3) is 0 Å². The van der Waals surface area contributed by atoms with Crippen molar-refractivity contribution in [2.45, 2.75) is 26.0 Å². The zero-order valence-electron chi connectivity index (χ0n) is 13.3. The average Bonchev–Trinajstić information content (AvgIpc) is 2.55. The molecule has 0 unspecified atom stereocenters. The number of nitrogens with zero attached hydrogens (tertiary/aromatic N) is 1. The van der Waals surface area contributed by atoms with Crippen LogP contribution >= 0.6 is 0 Å². The normalized spacial score (nSPS) is 21.2. The van der Waals surface area contributed by atoms with Gasteiger partial charge >= 0.3 is 0 Å². The van der Waals surface area contributed by atoms with E-state index in [2.05, 4.69) is 4.98 Å². The summed E-state index contributed by atoms with van der Waals surface area (Å²) in [5.74, 6) is -0.247. The Morgan fingerprint density at radius 2 is 2.04 bits per heavy atom. The maximum atomic E-state index is 12.8. The van der Waals surface area contributed by atoms with Crippen molar-refractivity contribution in [1.82, 2.24) is 9.88 Å². The highest BCUT2D eigenvalue weighted by Crippen LogP contribution is 2.25. The van der Waals surface area contributed by atoms with Crippen LogP contribution in [0.3, 0.4) is 0 Å². The van der Waals surface area contributed by atoms with Crippen molar-refractivity contribution in [3.63, 3.8) is 0 Å². The average molecular weight is 312 g/mol. The highest BCUT2D eigenvalue weighted by molar-refractivity contribution is 5.94. The molecule has 0 aliphatic carbocycles. The largest absolute Gasteiger partial charge is 0.370 e. The highest BCUT2D eigenvalue weighted by atomic mass is 16.5. The molecule has 1 fully saturated rings. The minimum Gasteiger partial charge on any atom is -0.370 e. The number of ether oxygens (including phenoxy) is 1. The van der Waals surface area contributed by atoms with Gasteiger partial charge in [-0.1, -0.05) is 30.3 Å². The lowest BCUT2D eigenvalue weighted by molar-refractivity contribution is -0.0487. The number of H-pyrrole nitrogens is 1. The lowest BCUT2D eigenvalue weighted by Crippen LogP contribution is -2.49. The molecule has 5 nitrogen and oxygen atoms in total. The van der Waals surface area contributed by atoms with Crippen molar-refractivity contribution in [3.05, 3.63) is 69.6 Å². The summed E-state index contributed by atoms with van der Waals surface area (Å²) in [4.78, 5) is 29.5. The molecule has 1 aliphatic heterocycles. The fourth-order valence-electron chi connectivity index (χ4n) is 2.80. The summed E-state index contributed by atoms with van der Waals surface area (Å²) in [5, 5.41) is 0. The van der Waals surface area contributed by atoms with Gasteiger partial charge in [-0.05, 0) is 19.4 Å². The summed E-state index contributed by atoms with van der Waals surface area (Å²) in [7, 11) is 0. The second-order valence-electron chi connectivity index (χ2n) is 5.93. The molecule has 5 heteroatoms. The summed E-state index contributed by atoms with van der Waals surface area (Å²) in [6.07, 6.45) is 1.33. The van der Waals surface area contributed by atoms with Gasteiger partial charge in [0.1, 0.15) is 11.7 Å². The summed E-state index contributed by atoms with van der Waals surface area (Å²) in [5.41, 5.74) is 1.70. The van der Waals surface area contributed by atoms with Crippen LogP contribution in [0.2, 0.25) is 0 Å². The lowest BCUT2D eigenvalue weighted by Gasteiger charge is -2.38. The molecule has 0 saturated carbocycles. The van der Waals surface area contributed by atoms with E-state index in [0.717, 1.165) is 11.3 Å². The predicted molar refractivity (Wildman–Crippen MR) is 87.4 cm³/mol. The molecule has 2 aromatic rings. The molecule has 1 amide bonds. The number of carbonyl (C=O) groups is 1. The number of aryl methyl sites for hydroxylation is 1. The summed E-state index contributed by atoms with van der Waals surface area (Å²) < 4.78 is 5.86. The van der Waals surface area contributed by atoms with Gasteiger partial charge in [-0.25, -0.2) is 0 Å². The quantitative estimate of drug-likeness (QED) is 0.925. The number of carbonyl (C=O) groups excluding carboxylic acids is 1. The fourth-order valence-corrected chi connectivity index (χ4v) is 2.80. The molecule has 120 valence electrons. The summed E-state index contributed by atoms with van der Waals surface area (Å²) in [6.45, 7) is 4.62. The number of rotatable bonds is 2. The number of aromatic amines is 1. The van der Waals surface area contributed by atoms with Crippen molar-refractivity contribution < 1.29 is 9.53 Å². The first-order valence-corrected chi connectivity index (χ1v) is 7.73. The first-order valence-electron chi connectivity index (χ1n) is 7.73. The number of hydrogen-bond acceptors (Lipinski definition) is 3. The van der Waals surface area contributed by atoms with Gasteiger partial charge in [0.2, 0.25) is 0 Å². The van der Waals surface area contributed by atoms with Crippen LogP contribution in [0, 0.1) is 6.92 Å². The SMILES string of the molecule is Cc1cc(=O)c(C(=O)N2C[C@H](c3ccccc3)OC[C@H]2C)c[nH]1. The third-order valence-corrected chi connectivity index (χ3v) is 4.15. The second kappa shape index (κ2) is 6.38. The molecule has 1 aliphatic rings. The summed E-state index contributed by atoms with van der Waals surface area (Å²) >= 11 is 0. The first kappa shape index (κ1) is 15.5. The van der Waals surface area contributed by atoms with Crippen LogP contribution < -0.4 is 5.43 Å². The van der Waals surface area contributed by atoms with Gasteiger partial charge in [0.25, 0.3) is 5.91 Å². The zero-order valence-corrected chi connectivity index (χ0v) is 13.3. The third kappa shape index (κ3) is 3.19. The molecular formula is C18H20N2O3. The van der Waals surface area contributed by atoms with Crippen LogP contribution in [0.1, 0.15) is 34.6 Å². The van der Waals surface area contributed by atoms with Crippen molar-refractivity contribution in [1.29, 1.82) is 0 Å². The van der Waals surface area contributed by atoms with Gasteiger partial charge in [0, 0.05) is 18.0 Å². The van der Waals surface area contributed by atoms with Gasteiger partial charge in [-0.15, -0.1) is 0 Å². The molecule has 0 radical (unpaired) electrons. The Kier molecular flexibility index (Phi) is 4.30. The minimum absolute atomic E-state index is 0.0665. The van der Waals surface area contributed by atoms with Gasteiger partial charge in [0.15, 0.2) is 5.43 Å². The first-order chi connectivity index (χ1) is 11.1. The number of amides is 1. The molecule has 2 heterocycles. The van der Waals surface area contributed by atoms with Crippen molar-refractivity contribution in [2.24, 2.45) is 0 Å². The summed E-state index contributed by atoms with van der Waals surface area (Å²) in [6, 6.07) is 11.2. The Morgan fingerprint density at radius 1 is 1.30 bits per heavy atom. The molecule has 1 aromatic carbocycles. The lowest BCUT2D eigenvalue weighted by atomic mass is 10.1. The molecular weight excluding hydrogens is 292 g/mol. The van der Waals surface area contributed by atoms with E-state index in [1.807, 2.05) is 37.3 Å². The molecule has 3 rings (SSSR count). The van der Waals surface area contributed by atoms with E-state index in [0.29, 0.717) is 13.2 Å². The van der Waals surface area contributed by atoms with Crippen molar-refractivity contribution in [3.8, 4) is 0 Å². The molecule has 2 atom stereocenters. The molecule has 0 bridgehead atoms. The van der Waals surface area contributed by atoms with Crippen LogP contribution in [0.5, 0.6) is 0 Å². The van der Waals surface area contributed by atoms with E-state index in [9.17, 15) is 9.59 Å². The van der Waals surface area contributed by atoms with Gasteiger partial charge in [-0.2, -0.15) is 0 Å². The Morgan fingerprint density at radius 3 is 2.74 bits per heavy atom. The zero-order chi connectivity index (χ0) is 16.4. The molecule has 1 N–H and O–H groups in total. The van der Waals surface area contributed by atoms with Gasteiger partial charge in [0.05, 0.1) is 19.2 Å². The Bertz CT molecular complexity index is 754. The highest BCUT2D eigenvalue weighted by Gasteiger charge is 2.31. The van der Waals surface area contributed by atoms with Crippen molar-refractivity contribution >= 4 is 5.91 Å². The molecule has 0 spiro atoms. The van der Waals surface area contributed by atoms with E-state index >= 15 is 0 Å². The van der Waals surface area contributed by atoms with E-state index in [4.69, 9.17) is 4.74 Å². The topological polar surface area (TPSA) is 62.4 Å². The van der Waals surface area contributed by atoms with E-state index in [1.165, 1.54) is 12.3 Å². The molecule has 1 aromatic heterocycles. The van der Waals surface area contributed by atoms with Crippen LogP contribution in [0.4, 0.5) is 0 Å². The van der Waals surface area contributed by atoms with E-state index < -0.39 is 0 Å². The van der Waals surface area contributed by atoms with Gasteiger partial charge in [-0.3, -0.25) is 9.59 Å². The Balaban J connectivity index is 1.85. The number of hydrogen-bond donors (Lipinski definition) is 1. The van der Waals surface area contributed by atoms with E-state index in [-0.39, 0.29) is 29.0 Å². The number of pyridine rings is 1. The minimum atomic E-state index is -0.249. The number of benzene rings is 1. The number of nitrogens with one attached hydrogen (secondary N) is 1. The van der Waals surface area contributed by atoms with Gasteiger partial charge < -0.3 is 14.6 Å². The fraction of sp³-hybridized carbons (Fsp3) is 0.333. The maximum Gasteiger partial charge on any atom is 0.259 e. The number of morpholine rings is 1. The van der Waals surface area contributed by atoms with Crippen molar-refractivity contribution in [2.75, 3.05) is 13.2 Å². The number of aromatic nitrogens is 1. The molecule has 1 saturated heterocycles. The van der Waals surface area contributed by atoms with E-state index in [1.54, 1.807) is 11.8 Å². The predicted octanol–water partition coefficient (Wildman–Crippen LogP) is 2.29. The Labute approximate surface area is 134 Å².